The minimum Gasteiger partial charge on any atom is -0.378 e. The number of rotatable bonds is 6. The first kappa shape index (κ1) is 15.2. The minimum atomic E-state index is 0.880. The molecule has 0 bridgehead atoms. The van der Waals surface area contributed by atoms with Crippen LogP contribution < -0.4 is 4.90 Å². The Kier molecular flexibility index (Phi) is 5.50. The third-order valence-electron chi connectivity index (χ3n) is 3.43. The van der Waals surface area contributed by atoms with Crippen molar-refractivity contribution in [2.75, 3.05) is 19.0 Å². The number of nitrogens with zero attached hydrogens (tertiary/aromatic N) is 3. The molecular formula is C18H23N3. The largest absolute Gasteiger partial charge is 0.378 e. The van der Waals surface area contributed by atoms with Crippen molar-refractivity contribution in [1.29, 1.82) is 0 Å². The van der Waals surface area contributed by atoms with Crippen molar-refractivity contribution in [3.63, 3.8) is 0 Å². The van der Waals surface area contributed by atoms with Crippen molar-refractivity contribution >= 4 is 17.1 Å². The van der Waals surface area contributed by atoms with Gasteiger partial charge in [-0.05, 0) is 48.7 Å². The molecule has 0 aliphatic heterocycles. The third-order valence-corrected chi connectivity index (χ3v) is 3.43. The van der Waals surface area contributed by atoms with E-state index < -0.39 is 0 Å². The van der Waals surface area contributed by atoms with Crippen LogP contribution in [0.1, 0.15) is 25.3 Å². The summed E-state index contributed by atoms with van der Waals surface area (Å²) in [5, 5.41) is 8.77. The first-order valence-electron chi connectivity index (χ1n) is 7.47. The van der Waals surface area contributed by atoms with Gasteiger partial charge in [0.15, 0.2) is 0 Å². The SMILES string of the molecule is CCCCc1ccccc1N=Nc1ccc(N(C)C)cc1. The monoisotopic (exact) mass is 281 g/mol. The Labute approximate surface area is 127 Å². The fraction of sp³-hybridized carbons (Fsp3) is 0.333. The molecule has 0 atom stereocenters. The third kappa shape index (κ3) is 4.42. The Morgan fingerprint density at radius 3 is 2.29 bits per heavy atom. The molecule has 3 nitrogen and oxygen atoms in total. The average Bonchev–Trinajstić information content (AvgIpc) is 2.52. The van der Waals surface area contributed by atoms with E-state index in [4.69, 9.17) is 0 Å². The van der Waals surface area contributed by atoms with Crippen LogP contribution in [0.15, 0.2) is 58.8 Å². The van der Waals surface area contributed by atoms with Crippen molar-refractivity contribution in [2.24, 2.45) is 10.2 Å². The number of azo groups is 1. The van der Waals surface area contributed by atoms with Crippen LogP contribution in [-0.2, 0) is 6.42 Å². The van der Waals surface area contributed by atoms with Gasteiger partial charge in [-0.2, -0.15) is 10.2 Å². The smallest absolute Gasteiger partial charge is 0.0889 e. The molecule has 0 unspecified atom stereocenters. The zero-order valence-corrected chi connectivity index (χ0v) is 13.1. The molecule has 0 saturated carbocycles. The van der Waals surface area contributed by atoms with Crippen molar-refractivity contribution in [1.82, 2.24) is 0 Å². The van der Waals surface area contributed by atoms with Crippen molar-refractivity contribution in [3.05, 3.63) is 54.1 Å². The molecule has 2 aromatic carbocycles. The molecule has 110 valence electrons. The standard InChI is InChI=1S/C18H23N3/c1-4-5-8-15-9-6-7-10-18(15)20-19-16-11-13-17(14-12-16)21(2)3/h6-7,9-14H,4-5,8H2,1-3H3. The molecule has 0 spiro atoms. The van der Waals surface area contributed by atoms with Crippen LogP contribution in [0.4, 0.5) is 17.1 Å². The second kappa shape index (κ2) is 7.58. The van der Waals surface area contributed by atoms with E-state index >= 15 is 0 Å². The average molecular weight is 281 g/mol. The topological polar surface area (TPSA) is 28.0 Å². The molecule has 0 aliphatic carbocycles. The van der Waals surface area contributed by atoms with Gasteiger partial charge in [0.25, 0.3) is 0 Å². The number of unbranched alkanes of at least 4 members (excludes halogenated alkanes) is 1. The van der Waals surface area contributed by atoms with Crippen LogP contribution >= 0.6 is 0 Å². The maximum atomic E-state index is 4.42. The van der Waals surface area contributed by atoms with Gasteiger partial charge in [0, 0.05) is 19.8 Å². The maximum Gasteiger partial charge on any atom is 0.0889 e. The van der Waals surface area contributed by atoms with Crippen molar-refractivity contribution in [2.45, 2.75) is 26.2 Å². The summed E-state index contributed by atoms with van der Waals surface area (Å²) in [6.45, 7) is 2.20. The van der Waals surface area contributed by atoms with Gasteiger partial charge in [0.2, 0.25) is 0 Å². The summed E-state index contributed by atoms with van der Waals surface area (Å²) in [7, 11) is 4.06. The lowest BCUT2D eigenvalue weighted by molar-refractivity contribution is 0.794. The summed E-state index contributed by atoms with van der Waals surface area (Å²) in [6, 6.07) is 16.3. The highest BCUT2D eigenvalue weighted by molar-refractivity contribution is 5.52. The lowest BCUT2D eigenvalue weighted by atomic mass is 10.1. The lowest BCUT2D eigenvalue weighted by Crippen LogP contribution is -2.07. The summed E-state index contributed by atoms with van der Waals surface area (Å²) in [5.41, 5.74) is 4.29. The zero-order chi connectivity index (χ0) is 15.1. The highest BCUT2D eigenvalue weighted by Crippen LogP contribution is 2.24. The molecule has 0 aliphatic rings. The molecule has 21 heavy (non-hydrogen) atoms. The van der Waals surface area contributed by atoms with Gasteiger partial charge in [-0.3, -0.25) is 0 Å². The molecule has 0 N–H and O–H groups in total. The normalized spacial score (nSPS) is 11.0. The number of hydrogen-bond acceptors (Lipinski definition) is 3. The zero-order valence-electron chi connectivity index (χ0n) is 13.1. The fourth-order valence-electron chi connectivity index (χ4n) is 2.12. The minimum absolute atomic E-state index is 0.880. The molecular weight excluding hydrogens is 258 g/mol. The Balaban J connectivity index is 2.13. The van der Waals surface area contributed by atoms with Gasteiger partial charge in [-0.1, -0.05) is 31.5 Å². The van der Waals surface area contributed by atoms with E-state index in [-0.39, 0.29) is 0 Å². The maximum absolute atomic E-state index is 4.42. The number of aryl methyl sites for hydroxylation is 1. The second-order valence-electron chi connectivity index (χ2n) is 5.34. The van der Waals surface area contributed by atoms with E-state index in [2.05, 4.69) is 46.3 Å². The molecule has 3 heteroatoms. The summed E-state index contributed by atoms with van der Waals surface area (Å²) >= 11 is 0. The highest BCUT2D eigenvalue weighted by Gasteiger charge is 2.00. The number of anilines is 1. The number of benzene rings is 2. The summed E-state index contributed by atoms with van der Waals surface area (Å²) in [5.74, 6) is 0. The van der Waals surface area contributed by atoms with E-state index in [1.807, 2.05) is 38.4 Å². The first-order chi connectivity index (χ1) is 10.2. The van der Waals surface area contributed by atoms with E-state index in [1.54, 1.807) is 0 Å². The Bertz CT molecular complexity index is 586. The summed E-state index contributed by atoms with van der Waals surface area (Å²) < 4.78 is 0. The predicted molar refractivity (Wildman–Crippen MR) is 90.0 cm³/mol. The molecule has 0 amide bonds. The van der Waals surface area contributed by atoms with Crippen LogP contribution in [-0.4, -0.2) is 14.1 Å². The summed E-state index contributed by atoms with van der Waals surface area (Å²) in [6.07, 6.45) is 3.44. The Morgan fingerprint density at radius 2 is 1.62 bits per heavy atom. The van der Waals surface area contributed by atoms with Gasteiger partial charge in [0.05, 0.1) is 11.4 Å². The van der Waals surface area contributed by atoms with Gasteiger partial charge >= 0.3 is 0 Å². The van der Waals surface area contributed by atoms with Gasteiger partial charge < -0.3 is 4.90 Å². The van der Waals surface area contributed by atoms with Crippen molar-refractivity contribution in [3.8, 4) is 0 Å². The molecule has 0 heterocycles. The van der Waals surface area contributed by atoms with Crippen LogP contribution in [0.3, 0.4) is 0 Å². The van der Waals surface area contributed by atoms with Crippen LogP contribution in [0, 0.1) is 0 Å². The molecule has 2 aromatic rings. The van der Waals surface area contributed by atoms with E-state index in [0.717, 1.165) is 23.5 Å². The number of hydrogen-bond donors (Lipinski definition) is 0. The van der Waals surface area contributed by atoms with Gasteiger partial charge in [-0.15, -0.1) is 0 Å². The van der Waals surface area contributed by atoms with Crippen LogP contribution in [0.25, 0.3) is 0 Å². The molecule has 0 aromatic heterocycles. The van der Waals surface area contributed by atoms with Gasteiger partial charge in [-0.25, -0.2) is 0 Å². The van der Waals surface area contributed by atoms with E-state index in [1.165, 1.54) is 18.4 Å². The molecule has 2 rings (SSSR count). The quantitative estimate of drug-likeness (QED) is 0.641. The van der Waals surface area contributed by atoms with Crippen LogP contribution in [0.5, 0.6) is 0 Å². The van der Waals surface area contributed by atoms with Gasteiger partial charge in [0.1, 0.15) is 0 Å². The summed E-state index contributed by atoms with van der Waals surface area (Å²) in [4.78, 5) is 2.07. The molecule has 0 radical (unpaired) electrons. The fourth-order valence-corrected chi connectivity index (χ4v) is 2.12. The lowest BCUT2D eigenvalue weighted by Gasteiger charge is -2.11. The van der Waals surface area contributed by atoms with E-state index in [9.17, 15) is 0 Å². The highest BCUT2D eigenvalue weighted by atomic mass is 15.1. The first-order valence-corrected chi connectivity index (χ1v) is 7.47. The van der Waals surface area contributed by atoms with Crippen molar-refractivity contribution < 1.29 is 0 Å². The molecule has 0 fully saturated rings. The predicted octanol–water partition coefficient (Wildman–Crippen LogP) is 5.51. The Hall–Kier alpha value is -2.16. The second-order valence-corrected chi connectivity index (χ2v) is 5.34. The molecule has 0 saturated heterocycles. The van der Waals surface area contributed by atoms with Crippen LogP contribution in [0.2, 0.25) is 0 Å². The van der Waals surface area contributed by atoms with E-state index in [0.29, 0.717) is 0 Å². The Morgan fingerprint density at radius 1 is 0.905 bits per heavy atom.